The predicted octanol–water partition coefficient (Wildman–Crippen LogP) is 2.38. The number of nitrogens with one attached hydrogen (secondary N) is 1. The first-order valence-corrected chi connectivity index (χ1v) is 7.98. The summed E-state index contributed by atoms with van der Waals surface area (Å²) in [5, 5.41) is 11.5. The monoisotopic (exact) mass is 345 g/mol. The molecule has 1 atom stereocenters. The van der Waals surface area contributed by atoms with E-state index >= 15 is 0 Å². The van der Waals surface area contributed by atoms with Gasteiger partial charge in [0.1, 0.15) is 11.9 Å². The van der Waals surface area contributed by atoms with Gasteiger partial charge in [-0.1, -0.05) is 12.1 Å². The van der Waals surface area contributed by atoms with Gasteiger partial charge in [0.2, 0.25) is 5.76 Å². The summed E-state index contributed by atoms with van der Waals surface area (Å²) in [6.45, 7) is 3.46. The van der Waals surface area contributed by atoms with Gasteiger partial charge in [0.15, 0.2) is 5.76 Å². The molecule has 1 aliphatic rings. The smallest absolute Gasteiger partial charge is 0.371 e. The number of hydrogen-bond donors (Lipinski definition) is 2. The minimum atomic E-state index is -1.22. The van der Waals surface area contributed by atoms with Crippen LogP contribution in [0.4, 0.5) is 0 Å². The van der Waals surface area contributed by atoms with E-state index < -0.39 is 11.9 Å². The fraction of sp³-hybridized carbons (Fsp3) is 0.333. The zero-order chi connectivity index (χ0) is 17.8. The maximum atomic E-state index is 12.1. The fourth-order valence-corrected chi connectivity index (χ4v) is 2.54. The fourth-order valence-electron chi connectivity index (χ4n) is 2.54. The molecular weight excluding hydrogens is 326 g/mol. The molecular formula is C18H19NO6. The molecule has 1 aromatic heterocycles. The highest BCUT2D eigenvalue weighted by Gasteiger charge is 2.19. The van der Waals surface area contributed by atoms with Crippen molar-refractivity contribution in [2.24, 2.45) is 0 Å². The molecule has 2 aromatic rings. The Morgan fingerprint density at radius 2 is 2.08 bits per heavy atom. The van der Waals surface area contributed by atoms with Crippen LogP contribution in [0.15, 0.2) is 34.7 Å². The summed E-state index contributed by atoms with van der Waals surface area (Å²) >= 11 is 0. The number of ether oxygens (including phenoxy) is 2. The third kappa shape index (κ3) is 4.19. The van der Waals surface area contributed by atoms with E-state index in [0.29, 0.717) is 19.0 Å². The lowest BCUT2D eigenvalue weighted by molar-refractivity contribution is 0.0659. The van der Waals surface area contributed by atoms with Crippen LogP contribution < -0.4 is 10.1 Å². The summed E-state index contributed by atoms with van der Waals surface area (Å²) in [6, 6.07) is 8.34. The number of carbonyl (C=O) groups excluding carboxylic acids is 1. The lowest BCUT2D eigenvalue weighted by atomic mass is 10.1. The average molecular weight is 345 g/mol. The van der Waals surface area contributed by atoms with Crippen LogP contribution in [-0.4, -0.2) is 36.3 Å². The normalized spacial score (nSPS) is 16.6. The standard InChI is InChI=1S/C18H19NO6/c1-11-2-3-12(16(8-11)24-13-6-7-23-10-13)9-19-17(20)14-4-5-15(25-14)18(21)22/h2-5,8,13H,6-7,9-10H2,1H3,(H,19,20)(H,21,22). The minimum Gasteiger partial charge on any atom is -0.488 e. The Morgan fingerprint density at radius 3 is 2.76 bits per heavy atom. The van der Waals surface area contributed by atoms with E-state index in [0.717, 1.165) is 17.5 Å². The Kier molecular flexibility index (Phi) is 5.04. The van der Waals surface area contributed by atoms with E-state index in [1.807, 2.05) is 25.1 Å². The molecule has 1 aliphatic heterocycles. The van der Waals surface area contributed by atoms with Gasteiger partial charge in [-0.2, -0.15) is 0 Å². The average Bonchev–Trinajstić information content (AvgIpc) is 3.25. The van der Waals surface area contributed by atoms with Crippen molar-refractivity contribution in [1.29, 1.82) is 0 Å². The van der Waals surface area contributed by atoms with Crippen molar-refractivity contribution in [3.05, 3.63) is 53.0 Å². The number of carboxylic acid groups (broad SMARTS) is 1. The Bertz CT molecular complexity index is 776. The SMILES string of the molecule is Cc1ccc(CNC(=O)c2ccc(C(=O)O)o2)c(OC2CCOC2)c1. The summed E-state index contributed by atoms with van der Waals surface area (Å²) in [4.78, 5) is 22.9. The second-order valence-corrected chi connectivity index (χ2v) is 5.87. The van der Waals surface area contributed by atoms with Crippen molar-refractivity contribution < 1.29 is 28.6 Å². The van der Waals surface area contributed by atoms with Crippen molar-refractivity contribution >= 4 is 11.9 Å². The number of carbonyl (C=O) groups is 2. The molecule has 2 heterocycles. The lowest BCUT2D eigenvalue weighted by Crippen LogP contribution is -2.23. The summed E-state index contributed by atoms with van der Waals surface area (Å²) in [5.41, 5.74) is 1.89. The van der Waals surface area contributed by atoms with Gasteiger partial charge < -0.3 is 24.3 Å². The van der Waals surface area contributed by atoms with Gasteiger partial charge in [-0.15, -0.1) is 0 Å². The zero-order valence-electron chi connectivity index (χ0n) is 13.8. The van der Waals surface area contributed by atoms with Crippen LogP contribution in [0, 0.1) is 6.92 Å². The highest BCUT2D eigenvalue weighted by molar-refractivity contribution is 5.93. The first-order chi connectivity index (χ1) is 12.0. The van der Waals surface area contributed by atoms with Crippen LogP contribution in [0.3, 0.4) is 0 Å². The highest BCUT2D eigenvalue weighted by atomic mass is 16.5. The Morgan fingerprint density at radius 1 is 1.28 bits per heavy atom. The lowest BCUT2D eigenvalue weighted by Gasteiger charge is -2.16. The van der Waals surface area contributed by atoms with Gasteiger partial charge in [-0.05, 0) is 30.7 Å². The maximum absolute atomic E-state index is 12.1. The molecule has 132 valence electrons. The molecule has 0 radical (unpaired) electrons. The molecule has 0 spiro atoms. The van der Waals surface area contributed by atoms with Gasteiger partial charge in [0.25, 0.3) is 5.91 Å². The molecule has 0 aliphatic carbocycles. The molecule has 1 amide bonds. The van der Waals surface area contributed by atoms with Crippen LogP contribution in [0.25, 0.3) is 0 Å². The first-order valence-electron chi connectivity index (χ1n) is 7.98. The number of benzene rings is 1. The summed E-state index contributed by atoms with van der Waals surface area (Å²) in [5.74, 6) is -1.31. The van der Waals surface area contributed by atoms with E-state index in [1.165, 1.54) is 12.1 Å². The van der Waals surface area contributed by atoms with E-state index in [2.05, 4.69) is 5.32 Å². The molecule has 25 heavy (non-hydrogen) atoms. The molecule has 1 unspecified atom stereocenters. The number of aromatic carboxylic acids is 1. The van der Waals surface area contributed by atoms with Crippen LogP contribution in [0.5, 0.6) is 5.75 Å². The Balaban J connectivity index is 1.67. The third-order valence-corrected chi connectivity index (χ3v) is 3.88. The molecule has 7 nitrogen and oxygen atoms in total. The van der Waals surface area contributed by atoms with Gasteiger partial charge in [-0.3, -0.25) is 4.79 Å². The van der Waals surface area contributed by atoms with E-state index in [4.69, 9.17) is 19.0 Å². The van der Waals surface area contributed by atoms with Crippen molar-refractivity contribution in [1.82, 2.24) is 5.32 Å². The largest absolute Gasteiger partial charge is 0.488 e. The van der Waals surface area contributed by atoms with Crippen molar-refractivity contribution in [2.45, 2.75) is 26.0 Å². The molecule has 0 bridgehead atoms. The van der Waals surface area contributed by atoms with Gasteiger partial charge in [0.05, 0.1) is 13.2 Å². The second-order valence-electron chi connectivity index (χ2n) is 5.87. The number of rotatable bonds is 6. The van der Waals surface area contributed by atoms with Crippen LogP contribution in [-0.2, 0) is 11.3 Å². The number of hydrogen-bond acceptors (Lipinski definition) is 5. The maximum Gasteiger partial charge on any atom is 0.371 e. The highest BCUT2D eigenvalue weighted by Crippen LogP contribution is 2.24. The van der Waals surface area contributed by atoms with Crippen molar-refractivity contribution in [3.8, 4) is 5.75 Å². The van der Waals surface area contributed by atoms with Crippen LogP contribution in [0.2, 0.25) is 0 Å². The first kappa shape index (κ1) is 17.0. The zero-order valence-corrected chi connectivity index (χ0v) is 13.8. The Labute approximate surface area is 144 Å². The van der Waals surface area contributed by atoms with Crippen molar-refractivity contribution in [3.63, 3.8) is 0 Å². The molecule has 3 rings (SSSR count). The third-order valence-electron chi connectivity index (χ3n) is 3.88. The van der Waals surface area contributed by atoms with Crippen LogP contribution in [0.1, 0.15) is 38.7 Å². The summed E-state index contributed by atoms with van der Waals surface area (Å²) in [6.07, 6.45) is 0.851. The number of furan rings is 1. The van der Waals surface area contributed by atoms with Gasteiger partial charge in [0, 0.05) is 18.5 Å². The minimum absolute atomic E-state index is 0.0134. The number of carboxylic acids is 1. The Hall–Kier alpha value is -2.80. The second kappa shape index (κ2) is 7.40. The van der Waals surface area contributed by atoms with Crippen LogP contribution >= 0.6 is 0 Å². The molecule has 1 fully saturated rings. The number of amides is 1. The summed E-state index contributed by atoms with van der Waals surface area (Å²) in [7, 11) is 0. The molecule has 1 aromatic carbocycles. The van der Waals surface area contributed by atoms with Gasteiger partial charge in [-0.25, -0.2) is 4.79 Å². The van der Waals surface area contributed by atoms with E-state index in [-0.39, 0.29) is 24.2 Å². The molecule has 1 saturated heterocycles. The van der Waals surface area contributed by atoms with E-state index in [9.17, 15) is 9.59 Å². The topological polar surface area (TPSA) is 98.0 Å². The molecule has 7 heteroatoms. The van der Waals surface area contributed by atoms with E-state index in [1.54, 1.807) is 0 Å². The predicted molar refractivity (Wildman–Crippen MR) is 87.9 cm³/mol. The quantitative estimate of drug-likeness (QED) is 0.834. The van der Waals surface area contributed by atoms with Gasteiger partial charge >= 0.3 is 5.97 Å². The molecule has 2 N–H and O–H groups in total. The number of aryl methyl sites for hydroxylation is 1. The summed E-state index contributed by atoms with van der Waals surface area (Å²) < 4.78 is 16.3. The molecule has 0 saturated carbocycles. The van der Waals surface area contributed by atoms with Crippen molar-refractivity contribution in [2.75, 3.05) is 13.2 Å².